The number of carbonyl (C=O) groups excluding carboxylic acids is 2. The third kappa shape index (κ3) is 6.49. The summed E-state index contributed by atoms with van der Waals surface area (Å²) in [5, 5.41) is 2.64. The third-order valence-corrected chi connectivity index (χ3v) is 5.08. The van der Waals surface area contributed by atoms with Gasteiger partial charge in [0, 0.05) is 19.4 Å². The number of hydrogen-bond donors (Lipinski definition) is 1. The highest BCUT2D eigenvalue weighted by atomic mass is 16.7. The molecular formula is C21H31NO6. The van der Waals surface area contributed by atoms with E-state index in [9.17, 15) is 9.59 Å². The summed E-state index contributed by atoms with van der Waals surface area (Å²) in [6, 6.07) is 9.46. The second-order valence-corrected chi connectivity index (χ2v) is 7.10. The van der Waals surface area contributed by atoms with E-state index in [0.717, 1.165) is 12.0 Å². The van der Waals surface area contributed by atoms with Gasteiger partial charge in [-0.3, -0.25) is 4.79 Å². The van der Waals surface area contributed by atoms with Crippen LogP contribution >= 0.6 is 0 Å². The normalized spacial score (nSPS) is 27.1. The molecule has 0 radical (unpaired) electrons. The Bertz CT molecular complexity index is 623. The van der Waals surface area contributed by atoms with Crippen LogP contribution in [0.3, 0.4) is 0 Å². The molecule has 1 aromatic rings. The van der Waals surface area contributed by atoms with E-state index in [1.54, 1.807) is 0 Å². The number of esters is 1. The first-order valence-corrected chi connectivity index (χ1v) is 9.81. The molecule has 1 aromatic carbocycles. The van der Waals surface area contributed by atoms with Gasteiger partial charge in [-0.1, -0.05) is 51.1 Å². The van der Waals surface area contributed by atoms with E-state index in [1.165, 1.54) is 6.92 Å². The molecule has 1 fully saturated rings. The summed E-state index contributed by atoms with van der Waals surface area (Å²) in [6.45, 7) is 8.27. The van der Waals surface area contributed by atoms with Gasteiger partial charge in [-0.15, -0.1) is 0 Å². The number of nitrogens with one attached hydrogen (secondary N) is 1. The van der Waals surface area contributed by atoms with Crippen LogP contribution in [0.5, 0.6) is 0 Å². The fourth-order valence-electron chi connectivity index (χ4n) is 3.32. The third-order valence-electron chi connectivity index (χ3n) is 5.08. The van der Waals surface area contributed by atoms with Gasteiger partial charge in [0.1, 0.15) is 6.61 Å². The Morgan fingerprint density at radius 2 is 1.86 bits per heavy atom. The van der Waals surface area contributed by atoms with Gasteiger partial charge in [-0.2, -0.15) is 0 Å². The van der Waals surface area contributed by atoms with Crippen molar-refractivity contribution in [3.05, 3.63) is 35.9 Å². The van der Waals surface area contributed by atoms with Gasteiger partial charge in [0.05, 0.1) is 12.7 Å². The molecule has 1 aliphatic heterocycles. The molecule has 1 saturated heterocycles. The molecule has 1 heterocycles. The van der Waals surface area contributed by atoms with E-state index < -0.39 is 18.5 Å². The van der Waals surface area contributed by atoms with E-state index in [2.05, 4.69) is 19.2 Å². The molecule has 1 aliphatic rings. The summed E-state index contributed by atoms with van der Waals surface area (Å²) in [5.74, 6) is -0.00417. The van der Waals surface area contributed by atoms with Gasteiger partial charge >= 0.3 is 12.1 Å². The second-order valence-electron chi connectivity index (χ2n) is 7.10. The monoisotopic (exact) mass is 393 g/mol. The van der Waals surface area contributed by atoms with Gasteiger partial charge in [0.25, 0.3) is 0 Å². The molecule has 0 saturated carbocycles. The lowest BCUT2D eigenvalue weighted by molar-refractivity contribution is -0.274. The minimum absolute atomic E-state index is 0.0376. The number of ether oxygens (including phenoxy) is 4. The molecular weight excluding hydrogens is 362 g/mol. The van der Waals surface area contributed by atoms with Crippen molar-refractivity contribution in [2.24, 2.45) is 11.8 Å². The SMILES string of the molecule is CCC1O[C@H](OCCNC(=O)OCc2ccccc2)C(OC(C)=O)[C@@H](C)[C@@H]1C. The maximum absolute atomic E-state index is 11.8. The molecule has 5 atom stereocenters. The van der Waals surface area contributed by atoms with Crippen LogP contribution in [0.2, 0.25) is 0 Å². The largest absolute Gasteiger partial charge is 0.457 e. The molecule has 0 aromatic heterocycles. The van der Waals surface area contributed by atoms with Gasteiger partial charge in [-0.05, 0) is 17.9 Å². The first-order chi connectivity index (χ1) is 13.4. The number of benzene rings is 1. The number of hydrogen-bond acceptors (Lipinski definition) is 6. The van der Waals surface area contributed by atoms with Crippen molar-refractivity contribution in [3.8, 4) is 0 Å². The lowest BCUT2D eigenvalue weighted by Crippen LogP contribution is -2.52. The van der Waals surface area contributed by atoms with E-state index >= 15 is 0 Å². The van der Waals surface area contributed by atoms with Crippen LogP contribution < -0.4 is 5.32 Å². The van der Waals surface area contributed by atoms with Gasteiger partial charge < -0.3 is 24.3 Å². The standard InChI is InChI=1S/C21H31NO6/c1-5-18-14(2)15(3)19(27-16(4)23)20(28-18)25-12-11-22-21(24)26-13-17-9-7-6-8-10-17/h6-10,14-15,18-20H,5,11-13H2,1-4H3,(H,22,24)/t14-,15-,18?,19?,20-/m0/s1. The Balaban J connectivity index is 1.77. The molecule has 1 amide bonds. The zero-order chi connectivity index (χ0) is 20.5. The lowest BCUT2D eigenvalue weighted by atomic mass is 9.82. The van der Waals surface area contributed by atoms with Crippen LogP contribution in [0.4, 0.5) is 4.79 Å². The molecule has 1 N–H and O–H groups in total. The maximum atomic E-state index is 11.8. The van der Waals surface area contributed by atoms with E-state index in [-0.39, 0.29) is 43.7 Å². The smallest absolute Gasteiger partial charge is 0.407 e. The first kappa shape index (κ1) is 22.2. The highest BCUT2D eigenvalue weighted by molar-refractivity contribution is 5.67. The topological polar surface area (TPSA) is 83.1 Å². The highest BCUT2D eigenvalue weighted by Gasteiger charge is 2.43. The summed E-state index contributed by atoms with van der Waals surface area (Å²) in [5.41, 5.74) is 0.919. The molecule has 0 aliphatic carbocycles. The van der Waals surface area contributed by atoms with Gasteiger partial charge in [0.15, 0.2) is 12.4 Å². The minimum atomic E-state index is -0.651. The summed E-state index contributed by atoms with van der Waals surface area (Å²) >= 11 is 0. The van der Waals surface area contributed by atoms with Crippen molar-refractivity contribution in [3.63, 3.8) is 0 Å². The zero-order valence-corrected chi connectivity index (χ0v) is 17.1. The number of rotatable bonds is 8. The average molecular weight is 393 g/mol. The molecule has 0 spiro atoms. The molecule has 7 nitrogen and oxygen atoms in total. The molecule has 7 heteroatoms. The Kier molecular flexibility index (Phi) is 8.73. The first-order valence-electron chi connectivity index (χ1n) is 9.81. The van der Waals surface area contributed by atoms with Crippen molar-refractivity contribution < 1.29 is 28.5 Å². The molecule has 156 valence electrons. The van der Waals surface area contributed by atoms with Gasteiger partial charge in [-0.25, -0.2) is 4.79 Å². The molecule has 28 heavy (non-hydrogen) atoms. The Labute approximate surface area is 166 Å². The quantitative estimate of drug-likeness (QED) is 0.539. The zero-order valence-electron chi connectivity index (χ0n) is 17.1. The Morgan fingerprint density at radius 3 is 2.50 bits per heavy atom. The maximum Gasteiger partial charge on any atom is 0.407 e. The molecule has 2 rings (SSSR count). The number of alkyl carbamates (subject to hydrolysis) is 1. The molecule has 0 bridgehead atoms. The van der Waals surface area contributed by atoms with Crippen LogP contribution in [-0.2, 0) is 30.3 Å². The fourth-order valence-corrected chi connectivity index (χ4v) is 3.32. The summed E-state index contributed by atoms with van der Waals surface area (Å²) < 4.78 is 22.4. The predicted octanol–water partition coefficient (Wildman–Crippen LogP) is 3.27. The Morgan fingerprint density at radius 1 is 1.14 bits per heavy atom. The Hall–Kier alpha value is -2.12. The minimum Gasteiger partial charge on any atom is -0.457 e. The van der Waals surface area contributed by atoms with E-state index in [4.69, 9.17) is 18.9 Å². The van der Waals surface area contributed by atoms with Crippen molar-refractivity contribution in [2.45, 2.75) is 59.2 Å². The predicted molar refractivity (Wildman–Crippen MR) is 103 cm³/mol. The highest BCUT2D eigenvalue weighted by Crippen LogP contribution is 2.34. The molecule has 2 unspecified atom stereocenters. The average Bonchev–Trinajstić information content (AvgIpc) is 2.69. The lowest BCUT2D eigenvalue weighted by Gasteiger charge is -2.43. The second kappa shape index (κ2) is 11.0. The van der Waals surface area contributed by atoms with Crippen LogP contribution in [-0.4, -0.2) is 43.7 Å². The van der Waals surface area contributed by atoms with Crippen molar-refractivity contribution in [1.82, 2.24) is 5.32 Å². The van der Waals surface area contributed by atoms with E-state index in [1.807, 2.05) is 37.3 Å². The fraction of sp³-hybridized carbons (Fsp3) is 0.619. The van der Waals surface area contributed by atoms with E-state index in [0.29, 0.717) is 0 Å². The summed E-state index contributed by atoms with van der Waals surface area (Å²) in [4.78, 5) is 23.2. The number of amides is 1. The van der Waals surface area contributed by atoms with Crippen molar-refractivity contribution >= 4 is 12.1 Å². The summed E-state index contributed by atoms with van der Waals surface area (Å²) in [7, 11) is 0. The van der Waals surface area contributed by atoms with Crippen LogP contribution in [0.25, 0.3) is 0 Å². The summed E-state index contributed by atoms with van der Waals surface area (Å²) in [6.07, 6.45) is -0.748. The van der Waals surface area contributed by atoms with Crippen LogP contribution in [0, 0.1) is 11.8 Å². The van der Waals surface area contributed by atoms with Gasteiger partial charge in [0.2, 0.25) is 0 Å². The van der Waals surface area contributed by atoms with Crippen LogP contribution in [0.15, 0.2) is 30.3 Å². The van der Waals surface area contributed by atoms with Crippen LogP contribution in [0.1, 0.15) is 39.7 Å². The number of carbonyl (C=O) groups is 2. The van der Waals surface area contributed by atoms with Crippen molar-refractivity contribution in [2.75, 3.05) is 13.2 Å². The van der Waals surface area contributed by atoms with Crippen molar-refractivity contribution in [1.29, 1.82) is 0 Å².